The maximum absolute atomic E-state index is 13.2. The molecule has 9 nitrogen and oxygen atoms in total. The molecule has 2 unspecified atom stereocenters. The van der Waals surface area contributed by atoms with Crippen LogP contribution in [-0.4, -0.2) is 53.5 Å². The lowest BCUT2D eigenvalue weighted by atomic mass is 9.39. The molecule has 12 atom stereocenters. The maximum atomic E-state index is 13.2. The van der Waals surface area contributed by atoms with Crippen molar-refractivity contribution in [2.24, 2.45) is 39.9 Å². The van der Waals surface area contributed by atoms with Crippen molar-refractivity contribution < 1.29 is 42.9 Å². The Morgan fingerprint density at radius 3 is 2.61 bits per heavy atom. The van der Waals surface area contributed by atoms with E-state index in [4.69, 9.17) is 23.4 Å². The van der Waals surface area contributed by atoms with Gasteiger partial charge in [0.25, 0.3) is 0 Å². The smallest absolute Gasteiger partial charge is 0.333 e. The summed E-state index contributed by atoms with van der Waals surface area (Å²) in [5.41, 5.74) is -2.41. The summed E-state index contributed by atoms with van der Waals surface area (Å²) in [7, 11) is 1.38. The van der Waals surface area contributed by atoms with E-state index in [-0.39, 0.29) is 48.6 Å². The fraction of sp³-hybridized carbons (Fsp3) is 0.719. The molecule has 2 bridgehead atoms. The van der Waals surface area contributed by atoms with E-state index in [0.717, 1.165) is 18.4 Å². The molecule has 1 aromatic rings. The van der Waals surface area contributed by atoms with Crippen molar-refractivity contribution in [1.29, 1.82) is 0 Å². The van der Waals surface area contributed by atoms with Gasteiger partial charge in [-0.05, 0) is 51.0 Å². The van der Waals surface area contributed by atoms with Gasteiger partial charge in [-0.1, -0.05) is 26.8 Å². The van der Waals surface area contributed by atoms with E-state index in [2.05, 4.69) is 20.8 Å². The third-order valence-corrected chi connectivity index (χ3v) is 12.9. The number of aliphatic hydroxyl groups is 1. The molecule has 6 aliphatic rings. The molecule has 6 fully saturated rings. The summed E-state index contributed by atoms with van der Waals surface area (Å²) in [4.78, 5) is 39.3. The van der Waals surface area contributed by atoms with E-state index >= 15 is 0 Å². The SMILES string of the molecule is C/C=C(\C)C(=O)O[C@@H]1C2[C@H]3O[C@]34[C@@H]3CC(=O)O[C@@H](c5ccoc5)[C@]3(C)CC[C@@H]4[C@]3(C)[C@@H](CC(=O)OC)[C@@]1(C)CC23O. The number of epoxide rings is 1. The van der Waals surface area contributed by atoms with E-state index in [0.29, 0.717) is 12.0 Å². The number of esters is 3. The number of furan rings is 1. The van der Waals surface area contributed by atoms with Crippen LogP contribution >= 0.6 is 0 Å². The topological polar surface area (TPSA) is 125 Å². The van der Waals surface area contributed by atoms with Crippen molar-refractivity contribution in [3.05, 3.63) is 35.8 Å². The van der Waals surface area contributed by atoms with E-state index in [1.54, 1.807) is 32.4 Å². The molecule has 1 N–H and O–H groups in total. The lowest BCUT2D eigenvalue weighted by Gasteiger charge is -2.65. The number of ether oxygens (including phenoxy) is 4. The molecule has 3 heterocycles. The standard InChI is InChI=1S/C32H40O9/c1-7-16(2)27(35)40-25-23-26-32(41-26)18(30(5)19(12-21(33)37-6)29(25,4)15-31(23,30)36)8-10-28(3)20(32)13-22(34)39-24(28)17-9-11-38-14-17/h7,9,11,14,18-20,23-26,36H,8,10,12-13,15H2,1-6H3/b16-7+/t18-,19+,20-,23?,24+,25-,26-,28-,29-,30-,31?,32-/m1/s1. The molecular weight excluding hydrogens is 528 g/mol. The van der Waals surface area contributed by atoms with Gasteiger partial charge in [-0.15, -0.1) is 0 Å². The Labute approximate surface area is 239 Å². The predicted molar refractivity (Wildman–Crippen MR) is 143 cm³/mol. The lowest BCUT2D eigenvalue weighted by Crippen LogP contribution is -2.72. The van der Waals surface area contributed by atoms with Crippen LogP contribution in [0, 0.1) is 39.9 Å². The summed E-state index contributed by atoms with van der Waals surface area (Å²) in [5.74, 6) is -2.14. The van der Waals surface area contributed by atoms with Crippen LogP contribution < -0.4 is 0 Å². The first kappa shape index (κ1) is 27.2. The van der Waals surface area contributed by atoms with Crippen LogP contribution in [0.3, 0.4) is 0 Å². The van der Waals surface area contributed by atoms with E-state index < -0.39 is 51.5 Å². The molecule has 222 valence electrons. The highest BCUT2D eigenvalue weighted by Crippen LogP contribution is 2.85. The van der Waals surface area contributed by atoms with Crippen molar-refractivity contribution in [2.75, 3.05) is 7.11 Å². The second-order valence-corrected chi connectivity index (χ2v) is 14.2. The number of cyclic esters (lactones) is 1. The van der Waals surface area contributed by atoms with Gasteiger partial charge in [-0.3, -0.25) is 9.59 Å². The highest BCUT2D eigenvalue weighted by molar-refractivity contribution is 5.88. The fourth-order valence-electron chi connectivity index (χ4n) is 11.0. The monoisotopic (exact) mass is 568 g/mol. The first-order valence-corrected chi connectivity index (χ1v) is 14.9. The minimum atomic E-state index is -1.21. The molecule has 2 saturated heterocycles. The minimum Gasteiger partial charge on any atom is -0.472 e. The van der Waals surface area contributed by atoms with Crippen molar-refractivity contribution >= 4 is 17.9 Å². The first-order chi connectivity index (χ1) is 19.3. The van der Waals surface area contributed by atoms with Crippen molar-refractivity contribution in [1.82, 2.24) is 0 Å². The quantitative estimate of drug-likeness (QED) is 0.240. The largest absolute Gasteiger partial charge is 0.472 e. The summed E-state index contributed by atoms with van der Waals surface area (Å²) in [6.07, 6.45) is 5.66. The molecule has 4 aliphatic carbocycles. The number of hydrogen-bond donors (Lipinski definition) is 1. The highest BCUT2D eigenvalue weighted by Gasteiger charge is 2.93. The first-order valence-electron chi connectivity index (χ1n) is 14.9. The summed E-state index contributed by atoms with van der Waals surface area (Å²) < 4.78 is 29.7. The van der Waals surface area contributed by atoms with Gasteiger partial charge in [0, 0.05) is 39.7 Å². The van der Waals surface area contributed by atoms with Gasteiger partial charge < -0.3 is 28.5 Å². The van der Waals surface area contributed by atoms with Crippen LogP contribution in [0.1, 0.15) is 78.4 Å². The van der Waals surface area contributed by atoms with Crippen LogP contribution in [0.5, 0.6) is 0 Å². The van der Waals surface area contributed by atoms with Gasteiger partial charge in [-0.25, -0.2) is 4.79 Å². The molecular formula is C32H40O9. The number of carbonyl (C=O) groups excluding carboxylic acids is 3. The predicted octanol–water partition coefficient (Wildman–Crippen LogP) is 4.29. The number of methoxy groups -OCH3 is 1. The van der Waals surface area contributed by atoms with Crippen molar-refractivity contribution in [2.45, 2.75) is 96.2 Å². The van der Waals surface area contributed by atoms with Gasteiger partial charge in [0.1, 0.15) is 17.8 Å². The van der Waals surface area contributed by atoms with Crippen LogP contribution in [0.25, 0.3) is 0 Å². The Kier molecular flexibility index (Phi) is 5.47. The van der Waals surface area contributed by atoms with Crippen molar-refractivity contribution in [3.63, 3.8) is 0 Å². The molecule has 1 aromatic heterocycles. The Morgan fingerprint density at radius 2 is 1.95 bits per heavy atom. The van der Waals surface area contributed by atoms with E-state index in [9.17, 15) is 19.5 Å². The summed E-state index contributed by atoms with van der Waals surface area (Å²) in [6.45, 7) is 9.83. The molecule has 41 heavy (non-hydrogen) atoms. The molecule has 2 aliphatic heterocycles. The Hall–Kier alpha value is -2.65. The third-order valence-electron chi connectivity index (χ3n) is 12.9. The lowest BCUT2D eigenvalue weighted by molar-refractivity contribution is -0.249. The van der Waals surface area contributed by atoms with Gasteiger partial charge in [0.2, 0.25) is 0 Å². The van der Waals surface area contributed by atoms with Crippen LogP contribution in [0.15, 0.2) is 34.7 Å². The number of carbonyl (C=O) groups is 3. The fourth-order valence-corrected chi connectivity index (χ4v) is 11.0. The third kappa shape index (κ3) is 3.02. The number of hydrogen-bond acceptors (Lipinski definition) is 9. The normalized spacial score (nSPS) is 50.8. The molecule has 9 heteroatoms. The Balaban J connectivity index is 1.37. The van der Waals surface area contributed by atoms with E-state index in [1.165, 1.54) is 7.11 Å². The van der Waals surface area contributed by atoms with Gasteiger partial charge >= 0.3 is 17.9 Å². The minimum absolute atomic E-state index is 0.0966. The molecule has 0 aromatic carbocycles. The zero-order valence-corrected chi connectivity index (χ0v) is 24.6. The van der Waals surface area contributed by atoms with E-state index in [1.807, 2.05) is 6.07 Å². The average molecular weight is 569 g/mol. The van der Waals surface area contributed by atoms with Crippen molar-refractivity contribution in [3.8, 4) is 0 Å². The van der Waals surface area contributed by atoms with Gasteiger partial charge in [0.05, 0.1) is 43.7 Å². The molecule has 0 radical (unpaired) electrons. The summed E-state index contributed by atoms with van der Waals surface area (Å²) in [5, 5.41) is 12.8. The van der Waals surface area contributed by atoms with Gasteiger partial charge in [0.15, 0.2) is 0 Å². The number of rotatable bonds is 5. The average Bonchev–Trinajstić information content (AvgIpc) is 3.21. The zero-order valence-electron chi connectivity index (χ0n) is 24.6. The number of fused-ring (bicyclic) bond motifs is 4. The highest BCUT2D eigenvalue weighted by atomic mass is 16.6. The van der Waals surface area contributed by atoms with Crippen LogP contribution in [-0.2, 0) is 33.3 Å². The van der Waals surface area contributed by atoms with Gasteiger partial charge in [-0.2, -0.15) is 0 Å². The zero-order chi connectivity index (χ0) is 29.3. The van der Waals surface area contributed by atoms with Crippen LogP contribution in [0.4, 0.5) is 0 Å². The van der Waals surface area contributed by atoms with Crippen LogP contribution in [0.2, 0.25) is 0 Å². The summed E-state index contributed by atoms with van der Waals surface area (Å²) >= 11 is 0. The molecule has 7 rings (SSSR count). The maximum Gasteiger partial charge on any atom is 0.333 e. The molecule has 4 saturated carbocycles. The molecule has 0 amide bonds. The second-order valence-electron chi connectivity index (χ2n) is 14.2. The number of allylic oxidation sites excluding steroid dienone is 1. The second kappa shape index (κ2) is 8.25. The Morgan fingerprint density at radius 1 is 1.20 bits per heavy atom. The summed E-state index contributed by atoms with van der Waals surface area (Å²) in [6, 6.07) is 1.85. The Bertz CT molecular complexity index is 1350. The molecule has 1 spiro atoms.